The fraction of sp³-hybridized carbons (Fsp3) is 0.381. The maximum Gasteiger partial charge on any atom is 0.515 e. The molecule has 4 rings (SSSR count). The van der Waals surface area contributed by atoms with Gasteiger partial charge < -0.3 is 23.6 Å². The van der Waals surface area contributed by atoms with Crippen LogP contribution in [0.3, 0.4) is 0 Å². The number of nitrogens with one attached hydrogen (secondary N) is 1. The largest absolute Gasteiger partial charge is 0.515 e. The van der Waals surface area contributed by atoms with E-state index in [-0.39, 0.29) is 24.5 Å². The summed E-state index contributed by atoms with van der Waals surface area (Å²) in [5.74, 6) is 0.976. The number of hydrogen-bond donors (Lipinski definition) is 1. The number of H-pyrrole nitrogens is 1. The van der Waals surface area contributed by atoms with E-state index in [4.69, 9.17) is 23.6 Å². The number of benzene rings is 1. The Kier molecular flexibility index (Phi) is 4.87. The van der Waals surface area contributed by atoms with E-state index < -0.39 is 6.16 Å². The number of hydrogen-bond acceptors (Lipinski definition) is 7. The number of methoxy groups -OCH3 is 1. The molecular weight excluding hydrogens is 374 g/mol. The molecule has 0 fully saturated rings. The normalized spacial score (nSPS) is 12.0. The summed E-state index contributed by atoms with van der Waals surface area (Å²) in [6, 6.07) is 3.84. The molecule has 1 N–H and O–H groups in total. The van der Waals surface area contributed by atoms with Crippen LogP contribution in [0, 0.1) is 0 Å². The van der Waals surface area contributed by atoms with Crippen LogP contribution in [0.4, 0.5) is 4.79 Å². The Bertz CT molecular complexity index is 1210. The van der Waals surface area contributed by atoms with Crippen LogP contribution in [0.5, 0.6) is 5.88 Å². The highest BCUT2D eigenvalue weighted by molar-refractivity contribution is 6.19. The first-order valence-electron chi connectivity index (χ1n) is 9.49. The van der Waals surface area contributed by atoms with Gasteiger partial charge in [-0.3, -0.25) is 0 Å². The van der Waals surface area contributed by atoms with Gasteiger partial charge in [-0.25, -0.2) is 14.8 Å². The van der Waals surface area contributed by atoms with E-state index in [1.807, 2.05) is 26.0 Å². The lowest BCUT2D eigenvalue weighted by molar-refractivity contribution is 0.0705. The molecule has 8 nitrogen and oxygen atoms in total. The Morgan fingerprint density at radius 3 is 2.66 bits per heavy atom. The second-order valence-electron chi connectivity index (χ2n) is 7.45. The van der Waals surface area contributed by atoms with Crippen molar-refractivity contribution in [3.8, 4) is 5.88 Å². The first kappa shape index (κ1) is 19.2. The molecule has 0 aliphatic heterocycles. The Morgan fingerprint density at radius 2 is 1.97 bits per heavy atom. The number of carbonyl (C=O) groups is 1. The summed E-state index contributed by atoms with van der Waals surface area (Å²) in [6.07, 6.45) is 0.522. The number of aromatic nitrogens is 3. The number of oxazole rings is 1. The van der Waals surface area contributed by atoms with Crippen molar-refractivity contribution < 1.29 is 23.4 Å². The van der Waals surface area contributed by atoms with Gasteiger partial charge in [-0.05, 0) is 26.0 Å². The lowest BCUT2D eigenvalue weighted by Gasteiger charge is -2.11. The number of pyridine rings is 1. The van der Waals surface area contributed by atoms with Gasteiger partial charge in [0.15, 0.2) is 11.5 Å². The van der Waals surface area contributed by atoms with E-state index in [9.17, 15) is 4.79 Å². The summed E-state index contributed by atoms with van der Waals surface area (Å²) >= 11 is 0. The zero-order valence-electron chi connectivity index (χ0n) is 17.0. The zero-order valence-corrected chi connectivity index (χ0v) is 17.0. The molecular formula is C21H23N3O5. The highest BCUT2D eigenvalue weighted by Crippen LogP contribution is 2.37. The molecule has 152 valence electrons. The zero-order chi connectivity index (χ0) is 20.7. The molecule has 3 heterocycles. The van der Waals surface area contributed by atoms with E-state index >= 15 is 0 Å². The summed E-state index contributed by atoms with van der Waals surface area (Å²) in [5.41, 5.74) is 3.76. The van der Waals surface area contributed by atoms with Gasteiger partial charge in [-0.1, -0.05) is 13.8 Å². The minimum Gasteiger partial charge on any atom is -0.440 e. The Morgan fingerprint density at radius 1 is 1.17 bits per heavy atom. The van der Waals surface area contributed by atoms with Crippen LogP contribution in [-0.2, 0) is 16.1 Å². The fourth-order valence-corrected chi connectivity index (χ4v) is 3.34. The molecule has 0 saturated carbocycles. The molecule has 1 aromatic carbocycles. The molecule has 0 unspecified atom stereocenters. The molecule has 4 aromatic rings. The van der Waals surface area contributed by atoms with E-state index in [0.29, 0.717) is 17.0 Å². The average molecular weight is 397 g/mol. The number of carbonyl (C=O) groups excluding carboxylic acids is 1. The lowest BCUT2D eigenvalue weighted by atomic mass is 10.1. The van der Waals surface area contributed by atoms with Crippen LogP contribution in [-0.4, -0.2) is 34.3 Å². The van der Waals surface area contributed by atoms with E-state index in [2.05, 4.69) is 9.97 Å². The van der Waals surface area contributed by atoms with Crippen LogP contribution in [0.25, 0.3) is 32.9 Å². The molecule has 0 radical (unpaired) electrons. The third-order valence-corrected chi connectivity index (χ3v) is 4.53. The van der Waals surface area contributed by atoms with Crippen molar-refractivity contribution >= 4 is 39.1 Å². The van der Waals surface area contributed by atoms with Gasteiger partial charge in [0, 0.05) is 29.3 Å². The summed E-state index contributed by atoms with van der Waals surface area (Å²) in [6.45, 7) is 7.77. The maximum atomic E-state index is 12.0. The molecule has 8 heteroatoms. The predicted octanol–water partition coefficient (Wildman–Crippen LogP) is 5.05. The van der Waals surface area contributed by atoms with E-state index in [1.54, 1.807) is 27.2 Å². The molecule has 3 aromatic heterocycles. The van der Waals surface area contributed by atoms with Gasteiger partial charge in [-0.15, -0.1) is 0 Å². The Hall–Kier alpha value is -3.13. The average Bonchev–Trinajstić information content (AvgIpc) is 3.23. The van der Waals surface area contributed by atoms with Crippen molar-refractivity contribution in [2.45, 2.75) is 46.3 Å². The van der Waals surface area contributed by atoms with Gasteiger partial charge in [0.25, 0.3) is 0 Å². The van der Waals surface area contributed by atoms with Crippen molar-refractivity contribution in [3.05, 3.63) is 29.8 Å². The van der Waals surface area contributed by atoms with Crippen molar-refractivity contribution in [3.63, 3.8) is 0 Å². The predicted molar refractivity (Wildman–Crippen MR) is 108 cm³/mol. The van der Waals surface area contributed by atoms with Crippen molar-refractivity contribution in [1.82, 2.24) is 15.0 Å². The van der Waals surface area contributed by atoms with Crippen LogP contribution in [0.15, 0.2) is 22.7 Å². The first-order chi connectivity index (χ1) is 13.9. The molecule has 0 amide bonds. The number of ether oxygens (including phenoxy) is 3. The van der Waals surface area contributed by atoms with Crippen LogP contribution >= 0.6 is 0 Å². The van der Waals surface area contributed by atoms with Gasteiger partial charge >= 0.3 is 6.16 Å². The van der Waals surface area contributed by atoms with Gasteiger partial charge in [0.05, 0.1) is 30.0 Å². The second kappa shape index (κ2) is 7.36. The lowest BCUT2D eigenvalue weighted by Crippen LogP contribution is -2.17. The van der Waals surface area contributed by atoms with Crippen molar-refractivity contribution in [2.24, 2.45) is 0 Å². The van der Waals surface area contributed by atoms with E-state index in [1.165, 1.54) is 0 Å². The SMILES string of the molecule is COCc1c(OC(=O)OC(C)C)ncc2[nH]c3ccc4oc(C(C)C)nc4c3c12. The molecule has 0 spiro atoms. The van der Waals surface area contributed by atoms with Gasteiger partial charge in [-0.2, -0.15) is 0 Å². The van der Waals surface area contributed by atoms with Crippen LogP contribution in [0.2, 0.25) is 0 Å². The smallest absolute Gasteiger partial charge is 0.440 e. The monoisotopic (exact) mass is 397 g/mol. The quantitative estimate of drug-likeness (QED) is 0.470. The van der Waals surface area contributed by atoms with Gasteiger partial charge in [0.2, 0.25) is 5.88 Å². The summed E-state index contributed by atoms with van der Waals surface area (Å²) in [7, 11) is 1.58. The molecule has 0 aliphatic rings. The van der Waals surface area contributed by atoms with Gasteiger partial charge in [0.1, 0.15) is 5.52 Å². The highest BCUT2D eigenvalue weighted by Gasteiger charge is 2.22. The molecule has 0 saturated heterocycles. The minimum absolute atomic E-state index is 0.149. The van der Waals surface area contributed by atoms with Crippen LogP contribution in [0.1, 0.15) is 45.1 Å². The summed E-state index contributed by atoms with van der Waals surface area (Å²) < 4.78 is 21.8. The Balaban J connectivity index is 1.97. The highest BCUT2D eigenvalue weighted by atomic mass is 16.7. The van der Waals surface area contributed by atoms with Crippen molar-refractivity contribution in [1.29, 1.82) is 0 Å². The molecule has 0 atom stereocenters. The second-order valence-corrected chi connectivity index (χ2v) is 7.45. The summed E-state index contributed by atoms with van der Waals surface area (Å²) in [5, 5.41) is 1.71. The minimum atomic E-state index is -0.808. The van der Waals surface area contributed by atoms with E-state index in [0.717, 1.165) is 27.3 Å². The molecule has 0 bridgehead atoms. The third-order valence-electron chi connectivity index (χ3n) is 4.53. The molecule has 29 heavy (non-hydrogen) atoms. The standard InChI is InChI=1S/C21H23N3O5/c1-10(2)19-24-18-15(28-19)7-6-13-17(18)16-12(9-26-5)20(22-8-14(16)23-13)29-21(25)27-11(3)4/h6-8,10-11,23H,9H2,1-5H3. The topological polar surface area (TPSA) is 99.5 Å². The summed E-state index contributed by atoms with van der Waals surface area (Å²) in [4.78, 5) is 24.4. The number of rotatable bonds is 5. The first-order valence-corrected chi connectivity index (χ1v) is 9.49. The van der Waals surface area contributed by atoms with Crippen molar-refractivity contribution in [2.75, 3.05) is 7.11 Å². The van der Waals surface area contributed by atoms with Crippen LogP contribution < -0.4 is 4.74 Å². The maximum absolute atomic E-state index is 12.0. The third kappa shape index (κ3) is 3.40. The number of nitrogens with zero attached hydrogens (tertiary/aromatic N) is 2. The number of fused-ring (bicyclic) bond motifs is 5. The fourth-order valence-electron chi connectivity index (χ4n) is 3.34. The molecule has 0 aliphatic carbocycles. The number of aromatic amines is 1. The Labute approximate surface area is 167 Å².